The number of hydrogen-bond donors (Lipinski definition) is 1. The van der Waals surface area contributed by atoms with Crippen molar-refractivity contribution >= 4 is 11.6 Å². The number of nitrogens with two attached hydrogens (primary N) is 1. The second-order valence-corrected chi connectivity index (χ2v) is 6.45. The smallest absolute Gasteiger partial charge is 0.274 e. The van der Waals surface area contributed by atoms with E-state index in [9.17, 15) is 14.9 Å². The van der Waals surface area contributed by atoms with Gasteiger partial charge in [0.25, 0.3) is 5.69 Å². The fourth-order valence-corrected chi connectivity index (χ4v) is 2.50. The van der Waals surface area contributed by atoms with E-state index in [0.717, 1.165) is 13.1 Å². The van der Waals surface area contributed by atoms with Gasteiger partial charge in [-0.1, -0.05) is 33.8 Å². The Labute approximate surface area is 131 Å². The van der Waals surface area contributed by atoms with E-state index in [1.165, 1.54) is 6.07 Å². The van der Waals surface area contributed by atoms with Crippen molar-refractivity contribution in [2.75, 3.05) is 13.1 Å². The molecule has 1 aromatic carbocycles. The van der Waals surface area contributed by atoms with E-state index in [4.69, 9.17) is 5.73 Å². The highest BCUT2D eigenvalue weighted by Gasteiger charge is 2.19. The first-order valence-corrected chi connectivity index (χ1v) is 7.50. The molecule has 0 bridgehead atoms. The van der Waals surface area contributed by atoms with Gasteiger partial charge in [0, 0.05) is 36.8 Å². The SMILES string of the molecule is CC(C)CN(Cc1ccc(C(N)=O)cc1[N+](=O)[O-])CC(C)C. The van der Waals surface area contributed by atoms with E-state index in [-0.39, 0.29) is 11.3 Å². The van der Waals surface area contributed by atoms with Gasteiger partial charge < -0.3 is 5.73 Å². The largest absolute Gasteiger partial charge is 0.366 e. The predicted octanol–water partition coefficient (Wildman–Crippen LogP) is 2.81. The molecule has 0 aliphatic carbocycles. The van der Waals surface area contributed by atoms with Crippen LogP contribution < -0.4 is 5.73 Å². The molecular weight excluding hydrogens is 282 g/mol. The molecule has 1 amide bonds. The van der Waals surface area contributed by atoms with Crippen LogP contribution in [0.15, 0.2) is 18.2 Å². The third-order valence-electron chi connectivity index (χ3n) is 3.21. The van der Waals surface area contributed by atoms with Crippen molar-refractivity contribution in [3.63, 3.8) is 0 Å². The predicted molar refractivity (Wildman–Crippen MR) is 86.6 cm³/mol. The van der Waals surface area contributed by atoms with Gasteiger partial charge >= 0.3 is 0 Å². The number of hydrogen-bond acceptors (Lipinski definition) is 4. The van der Waals surface area contributed by atoms with Crippen LogP contribution in [0.2, 0.25) is 0 Å². The first-order chi connectivity index (χ1) is 10.2. The lowest BCUT2D eigenvalue weighted by atomic mass is 10.1. The number of benzene rings is 1. The number of carbonyl (C=O) groups is 1. The molecule has 0 aliphatic rings. The first-order valence-electron chi connectivity index (χ1n) is 7.50. The first kappa shape index (κ1) is 18.1. The summed E-state index contributed by atoms with van der Waals surface area (Å²) in [5, 5.41) is 11.3. The summed E-state index contributed by atoms with van der Waals surface area (Å²) in [7, 11) is 0. The molecule has 2 N–H and O–H groups in total. The maximum absolute atomic E-state index is 11.3. The van der Waals surface area contributed by atoms with Crippen LogP contribution in [0, 0.1) is 22.0 Å². The third kappa shape index (κ3) is 5.44. The summed E-state index contributed by atoms with van der Waals surface area (Å²) in [6.07, 6.45) is 0. The summed E-state index contributed by atoms with van der Waals surface area (Å²) in [4.78, 5) is 24.2. The Morgan fingerprint density at radius 1 is 1.23 bits per heavy atom. The van der Waals surface area contributed by atoms with Crippen LogP contribution in [-0.4, -0.2) is 28.8 Å². The maximum Gasteiger partial charge on any atom is 0.274 e. The Balaban J connectivity index is 3.07. The molecule has 0 saturated heterocycles. The number of carbonyl (C=O) groups excluding carboxylic acids is 1. The van der Waals surface area contributed by atoms with Crippen LogP contribution in [0.25, 0.3) is 0 Å². The van der Waals surface area contributed by atoms with Crippen LogP contribution in [0.5, 0.6) is 0 Å². The summed E-state index contributed by atoms with van der Waals surface area (Å²) >= 11 is 0. The lowest BCUT2D eigenvalue weighted by Gasteiger charge is -2.26. The van der Waals surface area contributed by atoms with Crippen LogP contribution in [-0.2, 0) is 6.54 Å². The minimum absolute atomic E-state index is 0.0474. The molecule has 0 radical (unpaired) electrons. The Bertz CT molecular complexity index is 531. The fourth-order valence-electron chi connectivity index (χ4n) is 2.50. The Morgan fingerprint density at radius 3 is 2.18 bits per heavy atom. The average molecular weight is 307 g/mol. The molecule has 0 heterocycles. The molecule has 6 nitrogen and oxygen atoms in total. The molecule has 0 fully saturated rings. The standard InChI is InChI=1S/C16H25N3O3/c1-11(2)8-18(9-12(3)4)10-14-6-5-13(16(17)20)7-15(14)19(21)22/h5-7,11-12H,8-10H2,1-4H3,(H2,17,20). The van der Waals surface area contributed by atoms with Gasteiger partial charge in [0.05, 0.1) is 4.92 Å². The molecule has 0 spiro atoms. The molecule has 0 aromatic heterocycles. The van der Waals surface area contributed by atoms with Crippen molar-refractivity contribution in [3.05, 3.63) is 39.4 Å². The Morgan fingerprint density at radius 2 is 1.77 bits per heavy atom. The lowest BCUT2D eigenvalue weighted by Crippen LogP contribution is -2.31. The molecule has 0 atom stereocenters. The lowest BCUT2D eigenvalue weighted by molar-refractivity contribution is -0.385. The highest BCUT2D eigenvalue weighted by atomic mass is 16.6. The highest BCUT2D eigenvalue weighted by molar-refractivity contribution is 5.93. The number of primary amides is 1. The molecule has 6 heteroatoms. The third-order valence-corrected chi connectivity index (χ3v) is 3.21. The molecule has 0 unspecified atom stereocenters. The van der Waals surface area contributed by atoms with Gasteiger partial charge in [0.1, 0.15) is 0 Å². The zero-order valence-corrected chi connectivity index (χ0v) is 13.7. The Kier molecular flexibility index (Phi) is 6.49. The summed E-state index contributed by atoms with van der Waals surface area (Å²) in [6, 6.07) is 4.44. The summed E-state index contributed by atoms with van der Waals surface area (Å²) in [5.41, 5.74) is 5.92. The Hall–Kier alpha value is -1.95. The van der Waals surface area contributed by atoms with E-state index in [1.807, 2.05) is 0 Å². The summed E-state index contributed by atoms with van der Waals surface area (Å²) in [5.74, 6) is 0.293. The summed E-state index contributed by atoms with van der Waals surface area (Å²) < 4.78 is 0. The average Bonchev–Trinajstić information content (AvgIpc) is 2.36. The van der Waals surface area contributed by atoms with Crippen LogP contribution in [0.1, 0.15) is 43.6 Å². The van der Waals surface area contributed by atoms with E-state index in [1.54, 1.807) is 12.1 Å². The zero-order chi connectivity index (χ0) is 16.9. The maximum atomic E-state index is 11.3. The minimum Gasteiger partial charge on any atom is -0.366 e. The van der Waals surface area contributed by atoms with Crippen LogP contribution in [0.3, 0.4) is 0 Å². The van der Waals surface area contributed by atoms with Gasteiger partial charge in [0.2, 0.25) is 5.91 Å². The monoisotopic (exact) mass is 307 g/mol. The van der Waals surface area contributed by atoms with Crippen molar-refractivity contribution in [1.82, 2.24) is 4.90 Å². The van der Waals surface area contributed by atoms with Crippen molar-refractivity contribution in [3.8, 4) is 0 Å². The van der Waals surface area contributed by atoms with Crippen molar-refractivity contribution in [2.24, 2.45) is 17.6 Å². The van der Waals surface area contributed by atoms with Crippen molar-refractivity contribution in [1.29, 1.82) is 0 Å². The molecule has 1 rings (SSSR count). The quantitative estimate of drug-likeness (QED) is 0.590. The van der Waals surface area contributed by atoms with Gasteiger partial charge in [-0.15, -0.1) is 0 Å². The van der Waals surface area contributed by atoms with E-state index < -0.39 is 10.8 Å². The highest BCUT2D eigenvalue weighted by Crippen LogP contribution is 2.23. The van der Waals surface area contributed by atoms with E-state index in [0.29, 0.717) is 23.9 Å². The molecule has 1 aromatic rings. The van der Waals surface area contributed by atoms with E-state index in [2.05, 4.69) is 32.6 Å². The number of amides is 1. The van der Waals surface area contributed by atoms with Gasteiger partial charge in [-0.25, -0.2) is 0 Å². The molecule has 122 valence electrons. The fraction of sp³-hybridized carbons (Fsp3) is 0.562. The van der Waals surface area contributed by atoms with Gasteiger partial charge in [-0.2, -0.15) is 0 Å². The zero-order valence-electron chi connectivity index (χ0n) is 13.7. The minimum atomic E-state index is -0.657. The molecule has 0 aliphatic heterocycles. The van der Waals surface area contributed by atoms with Gasteiger partial charge in [-0.3, -0.25) is 19.8 Å². The summed E-state index contributed by atoms with van der Waals surface area (Å²) in [6.45, 7) is 10.7. The number of nitro benzene ring substituents is 1. The van der Waals surface area contributed by atoms with E-state index >= 15 is 0 Å². The van der Waals surface area contributed by atoms with Crippen molar-refractivity contribution in [2.45, 2.75) is 34.2 Å². The van der Waals surface area contributed by atoms with Crippen molar-refractivity contribution < 1.29 is 9.72 Å². The van der Waals surface area contributed by atoms with Gasteiger partial charge in [0.15, 0.2) is 0 Å². The molecule has 0 saturated carbocycles. The number of rotatable bonds is 8. The molecule has 22 heavy (non-hydrogen) atoms. The normalized spacial score (nSPS) is 11.4. The van der Waals surface area contributed by atoms with Crippen LogP contribution >= 0.6 is 0 Å². The van der Waals surface area contributed by atoms with Gasteiger partial charge in [-0.05, 0) is 17.9 Å². The second kappa shape index (κ2) is 7.89. The topological polar surface area (TPSA) is 89.5 Å². The molecular formula is C16H25N3O3. The van der Waals surface area contributed by atoms with Crippen LogP contribution in [0.4, 0.5) is 5.69 Å². The number of nitro groups is 1. The number of nitrogens with zero attached hydrogens (tertiary/aromatic N) is 2. The second-order valence-electron chi connectivity index (χ2n) is 6.45.